The minimum absolute atomic E-state index is 0.0845. The van der Waals surface area contributed by atoms with Gasteiger partial charge < -0.3 is 4.90 Å². The Morgan fingerprint density at radius 3 is 1.92 bits per heavy atom. The number of carbonyl (C=O) groups is 2. The Labute approximate surface area is 152 Å². The first-order valence-corrected chi connectivity index (χ1v) is 8.88. The highest BCUT2D eigenvalue weighted by molar-refractivity contribution is 5.75. The zero-order chi connectivity index (χ0) is 19.1. The van der Waals surface area contributed by atoms with E-state index in [1.807, 2.05) is 51.1 Å². The maximum Gasteiger partial charge on any atom is 0.219 e. The summed E-state index contributed by atoms with van der Waals surface area (Å²) < 4.78 is 0. The molecule has 3 nitrogen and oxygen atoms in total. The number of aldehydes is 1. The van der Waals surface area contributed by atoms with E-state index >= 15 is 0 Å². The average Bonchev–Trinajstić information content (AvgIpc) is 2.65. The van der Waals surface area contributed by atoms with Crippen molar-refractivity contribution in [2.24, 2.45) is 0 Å². The van der Waals surface area contributed by atoms with Crippen molar-refractivity contribution in [3.8, 4) is 0 Å². The first-order valence-electron chi connectivity index (χ1n) is 8.88. The van der Waals surface area contributed by atoms with Crippen molar-refractivity contribution >= 4 is 12.2 Å². The number of amides is 1. The van der Waals surface area contributed by atoms with E-state index in [0.717, 1.165) is 24.8 Å². The lowest BCUT2D eigenvalue weighted by molar-refractivity contribution is -0.129. The molecule has 2 aromatic carbocycles. The molecule has 0 heterocycles. The second-order valence-corrected chi connectivity index (χ2v) is 5.45. The molecule has 0 aliphatic heterocycles. The number of hydrogen-bond donors (Lipinski definition) is 0. The fourth-order valence-corrected chi connectivity index (χ4v) is 2.07. The van der Waals surface area contributed by atoms with Gasteiger partial charge in [0.05, 0.1) is 0 Å². The number of carbonyl (C=O) groups excluding carboxylic acids is 2. The van der Waals surface area contributed by atoms with Crippen molar-refractivity contribution in [2.75, 3.05) is 6.54 Å². The Hall–Kier alpha value is -2.42. The summed E-state index contributed by atoms with van der Waals surface area (Å²) >= 11 is 0. The van der Waals surface area contributed by atoms with Gasteiger partial charge in [-0.3, -0.25) is 9.59 Å². The molecule has 0 saturated heterocycles. The van der Waals surface area contributed by atoms with Crippen molar-refractivity contribution in [1.82, 2.24) is 4.90 Å². The molecule has 0 atom stereocenters. The van der Waals surface area contributed by atoms with Gasteiger partial charge in [0.1, 0.15) is 6.29 Å². The molecule has 2 aromatic rings. The lowest BCUT2D eigenvalue weighted by Crippen LogP contribution is -2.28. The lowest BCUT2D eigenvalue weighted by Gasteiger charge is -2.20. The van der Waals surface area contributed by atoms with Crippen LogP contribution in [0.2, 0.25) is 0 Å². The van der Waals surface area contributed by atoms with Gasteiger partial charge in [-0.15, -0.1) is 0 Å². The zero-order valence-corrected chi connectivity index (χ0v) is 16.2. The van der Waals surface area contributed by atoms with Crippen molar-refractivity contribution in [3.05, 3.63) is 71.3 Å². The van der Waals surface area contributed by atoms with Crippen LogP contribution in [-0.2, 0) is 11.3 Å². The highest BCUT2D eigenvalue weighted by Gasteiger charge is 2.07. The Balaban J connectivity index is 0.000000530. The van der Waals surface area contributed by atoms with E-state index in [0.29, 0.717) is 12.1 Å². The van der Waals surface area contributed by atoms with Gasteiger partial charge in [-0.1, -0.05) is 80.9 Å². The second kappa shape index (κ2) is 14.0. The summed E-state index contributed by atoms with van der Waals surface area (Å²) in [5.74, 6) is 0.0845. The first kappa shape index (κ1) is 22.6. The molecule has 0 aliphatic rings. The van der Waals surface area contributed by atoms with Crippen LogP contribution in [0.3, 0.4) is 0 Å². The molecule has 0 fully saturated rings. The summed E-state index contributed by atoms with van der Waals surface area (Å²) in [7, 11) is 0. The van der Waals surface area contributed by atoms with E-state index in [4.69, 9.17) is 0 Å². The van der Waals surface area contributed by atoms with Gasteiger partial charge in [-0.05, 0) is 18.9 Å². The molecule has 2 rings (SSSR count). The highest BCUT2D eigenvalue weighted by Crippen LogP contribution is 2.07. The van der Waals surface area contributed by atoms with E-state index in [1.54, 1.807) is 24.0 Å². The highest BCUT2D eigenvalue weighted by atomic mass is 16.2. The second-order valence-electron chi connectivity index (χ2n) is 5.45. The molecule has 0 saturated carbocycles. The summed E-state index contributed by atoms with van der Waals surface area (Å²) in [6.07, 6.45) is 1.77. The van der Waals surface area contributed by atoms with Gasteiger partial charge in [0.15, 0.2) is 0 Å². The quantitative estimate of drug-likeness (QED) is 0.694. The Bertz CT molecular complexity index is 591. The third-order valence-corrected chi connectivity index (χ3v) is 3.37. The fraction of sp³-hybridized carbons (Fsp3) is 0.364. The van der Waals surface area contributed by atoms with Gasteiger partial charge in [-0.25, -0.2) is 0 Å². The maximum atomic E-state index is 11.3. The summed E-state index contributed by atoms with van der Waals surface area (Å²) in [5, 5.41) is 0. The van der Waals surface area contributed by atoms with Gasteiger partial charge in [0.2, 0.25) is 5.91 Å². The molecule has 0 spiro atoms. The first-order chi connectivity index (χ1) is 12.1. The predicted octanol–water partition coefficient (Wildman–Crippen LogP) is 5.28. The van der Waals surface area contributed by atoms with E-state index in [9.17, 15) is 9.59 Å². The maximum absolute atomic E-state index is 11.3. The van der Waals surface area contributed by atoms with Crippen molar-refractivity contribution in [1.29, 1.82) is 0 Å². The number of aryl methyl sites for hydroxylation is 1. The minimum Gasteiger partial charge on any atom is -0.339 e. The molecule has 25 heavy (non-hydrogen) atoms. The molecule has 0 aliphatic carbocycles. The number of rotatable bonds is 5. The molecule has 0 bridgehead atoms. The van der Waals surface area contributed by atoms with Gasteiger partial charge in [-0.2, -0.15) is 0 Å². The monoisotopic (exact) mass is 341 g/mol. The van der Waals surface area contributed by atoms with Crippen LogP contribution in [0.4, 0.5) is 0 Å². The van der Waals surface area contributed by atoms with Crippen LogP contribution in [0.5, 0.6) is 0 Å². The molecular formula is C22H31NO2. The number of hydrogen-bond acceptors (Lipinski definition) is 2. The van der Waals surface area contributed by atoms with Crippen LogP contribution in [0.15, 0.2) is 54.6 Å². The van der Waals surface area contributed by atoms with Gasteiger partial charge in [0, 0.05) is 25.6 Å². The smallest absolute Gasteiger partial charge is 0.219 e. The molecule has 0 aromatic heterocycles. The Kier molecular flexibility index (Phi) is 12.6. The topological polar surface area (TPSA) is 37.4 Å². The number of nitrogens with zero attached hydrogens (tertiary/aromatic N) is 1. The van der Waals surface area contributed by atoms with Crippen LogP contribution in [-0.4, -0.2) is 23.6 Å². The molecule has 0 N–H and O–H groups in total. The minimum atomic E-state index is 0.0845. The normalized spacial score (nSPS) is 9.00. The number of benzene rings is 2. The summed E-state index contributed by atoms with van der Waals surface area (Å²) in [5.41, 5.74) is 3.03. The van der Waals surface area contributed by atoms with E-state index in [-0.39, 0.29) is 5.91 Å². The Morgan fingerprint density at radius 2 is 1.56 bits per heavy atom. The molecular weight excluding hydrogens is 310 g/mol. The summed E-state index contributed by atoms with van der Waals surface area (Å²) in [6, 6.07) is 17.6. The van der Waals surface area contributed by atoms with Crippen molar-refractivity contribution in [3.63, 3.8) is 0 Å². The zero-order valence-electron chi connectivity index (χ0n) is 16.2. The fourth-order valence-electron chi connectivity index (χ4n) is 2.07. The molecule has 3 heteroatoms. The van der Waals surface area contributed by atoms with Crippen LogP contribution in [0.25, 0.3) is 0 Å². The Morgan fingerprint density at radius 1 is 1.00 bits per heavy atom. The molecule has 136 valence electrons. The van der Waals surface area contributed by atoms with Crippen LogP contribution >= 0.6 is 0 Å². The van der Waals surface area contributed by atoms with E-state index in [1.165, 1.54) is 5.56 Å². The molecule has 0 radical (unpaired) electrons. The molecule has 0 unspecified atom stereocenters. The van der Waals surface area contributed by atoms with E-state index < -0.39 is 0 Å². The molecule has 1 amide bonds. The largest absolute Gasteiger partial charge is 0.339 e. The van der Waals surface area contributed by atoms with E-state index in [2.05, 4.69) is 19.1 Å². The summed E-state index contributed by atoms with van der Waals surface area (Å²) in [6.45, 7) is 11.1. The lowest BCUT2D eigenvalue weighted by atomic mass is 10.1. The average molecular weight is 341 g/mol. The third-order valence-electron chi connectivity index (χ3n) is 3.37. The predicted molar refractivity (Wildman–Crippen MR) is 106 cm³/mol. The van der Waals surface area contributed by atoms with Gasteiger partial charge in [0.25, 0.3) is 0 Å². The third kappa shape index (κ3) is 10.1. The van der Waals surface area contributed by atoms with Gasteiger partial charge >= 0.3 is 0 Å². The van der Waals surface area contributed by atoms with Crippen molar-refractivity contribution in [2.45, 2.75) is 47.6 Å². The SMILES string of the molecule is CC.CCCN(Cc1ccc(C=O)cc1)C(C)=O.Cc1ccccc1. The summed E-state index contributed by atoms with van der Waals surface area (Å²) in [4.78, 5) is 23.6. The van der Waals surface area contributed by atoms with Crippen LogP contribution in [0, 0.1) is 6.92 Å². The van der Waals surface area contributed by atoms with Crippen LogP contribution in [0.1, 0.15) is 55.6 Å². The van der Waals surface area contributed by atoms with Crippen molar-refractivity contribution < 1.29 is 9.59 Å². The standard InChI is InChI=1S/C13H17NO2.C7H8.C2H6/c1-3-8-14(11(2)16)9-12-4-6-13(10-15)7-5-12;1-7-5-3-2-4-6-7;1-2/h4-7,10H,3,8-9H2,1-2H3;2-6H,1H3;1-2H3. The van der Waals surface area contributed by atoms with Crippen LogP contribution < -0.4 is 0 Å².